The average molecular weight is 320 g/mol. The van der Waals surface area contributed by atoms with Gasteiger partial charge in [0.05, 0.1) is 5.69 Å². The minimum absolute atomic E-state index is 0.250. The SMILES string of the molecule is CC1CCCCN1Cc1csc(COc2ccc(F)cc2)n1. The Kier molecular flexibility index (Phi) is 5.05. The fourth-order valence-corrected chi connectivity index (χ4v) is 3.46. The largest absolute Gasteiger partial charge is 0.486 e. The normalized spacial score (nSPS) is 19.3. The third kappa shape index (κ3) is 4.05. The Labute approximate surface area is 134 Å². The Morgan fingerprint density at radius 2 is 2.14 bits per heavy atom. The molecule has 0 aliphatic carbocycles. The van der Waals surface area contributed by atoms with Gasteiger partial charge in [0.15, 0.2) is 0 Å². The van der Waals surface area contributed by atoms with E-state index in [0.717, 1.165) is 17.2 Å². The Bertz CT molecular complexity index is 599. The van der Waals surface area contributed by atoms with E-state index in [-0.39, 0.29) is 5.82 Å². The molecule has 0 N–H and O–H groups in total. The fraction of sp³-hybridized carbons (Fsp3) is 0.471. The molecule has 22 heavy (non-hydrogen) atoms. The van der Waals surface area contributed by atoms with Crippen LogP contribution in [0.2, 0.25) is 0 Å². The molecule has 0 bridgehead atoms. The lowest BCUT2D eigenvalue weighted by Gasteiger charge is -2.32. The van der Waals surface area contributed by atoms with Crippen LogP contribution in [0.5, 0.6) is 5.75 Å². The van der Waals surface area contributed by atoms with Crippen LogP contribution in [-0.2, 0) is 13.2 Å². The molecule has 1 aromatic heterocycles. The van der Waals surface area contributed by atoms with Gasteiger partial charge in [-0.05, 0) is 50.6 Å². The van der Waals surface area contributed by atoms with Crippen LogP contribution in [0.4, 0.5) is 4.39 Å². The molecule has 0 saturated carbocycles. The van der Waals surface area contributed by atoms with Crippen molar-refractivity contribution in [1.29, 1.82) is 0 Å². The number of hydrogen-bond donors (Lipinski definition) is 0. The summed E-state index contributed by atoms with van der Waals surface area (Å²) in [6.45, 7) is 4.82. The standard InChI is InChI=1S/C17H21FN2OS/c1-13-4-2-3-9-20(13)10-15-12-22-17(19-15)11-21-16-7-5-14(18)6-8-16/h5-8,12-13H,2-4,9-11H2,1H3. The fourth-order valence-electron chi connectivity index (χ4n) is 2.76. The van der Waals surface area contributed by atoms with Crippen LogP contribution in [0, 0.1) is 5.82 Å². The summed E-state index contributed by atoms with van der Waals surface area (Å²) in [6, 6.07) is 6.73. The minimum Gasteiger partial charge on any atom is -0.486 e. The average Bonchev–Trinajstić information content (AvgIpc) is 2.97. The molecular formula is C17H21FN2OS. The third-order valence-electron chi connectivity index (χ3n) is 4.08. The van der Waals surface area contributed by atoms with Crippen LogP contribution < -0.4 is 4.74 Å². The Morgan fingerprint density at radius 1 is 1.32 bits per heavy atom. The van der Waals surface area contributed by atoms with Crippen LogP contribution in [0.3, 0.4) is 0 Å². The number of piperidine rings is 1. The maximum Gasteiger partial charge on any atom is 0.140 e. The predicted molar refractivity (Wildman–Crippen MR) is 86.6 cm³/mol. The smallest absolute Gasteiger partial charge is 0.140 e. The predicted octanol–water partition coefficient (Wildman–Crippen LogP) is 4.24. The van der Waals surface area contributed by atoms with Crippen molar-refractivity contribution in [2.75, 3.05) is 6.54 Å². The molecule has 2 heterocycles. The topological polar surface area (TPSA) is 25.4 Å². The first-order chi connectivity index (χ1) is 10.7. The number of halogens is 1. The first-order valence-electron chi connectivity index (χ1n) is 7.76. The zero-order valence-corrected chi connectivity index (χ0v) is 13.6. The quantitative estimate of drug-likeness (QED) is 0.824. The highest BCUT2D eigenvalue weighted by Gasteiger charge is 2.19. The summed E-state index contributed by atoms with van der Waals surface area (Å²) in [4.78, 5) is 7.15. The van der Waals surface area contributed by atoms with Gasteiger partial charge in [-0.15, -0.1) is 11.3 Å². The molecule has 3 nitrogen and oxygen atoms in total. The van der Waals surface area contributed by atoms with Crippen LogP contribution >= 0.6 is 11.3 Å². The first kappa shape index (κ1) is 15.4. The van der Waals surface area contributed by atoms with E-state index in [1.54, 1.807) is 23.5 Å². The molecule has 2 aromatic rings. The van der Waals surface area contributed by atoms with E-state index in [0.29, 0.717) is 18.4 Å². The molecular weight excluding hydrogens is 299 g/mol. The second-order valence-electron chi connectivity index (χ2n) is 5.79. The van der Waals surface area contributed by atoms with Crippen LogP contribution in [0.15, 0.2) is 29.6 Å². The van der Waals surface area contributed by atoms with Crippen LogP contribution in [0.25, 0.3) is 0 Å². The molecule has 1 atom stereocenters. The maximum absolute atomic E-state index is 12.8. The van der Waals surface area contributed by atoms with Crippen LogP contribution in [-0.4, -0.2) is 22.5 Å². The van der Waals surface area contributed by atoms with Crippen molar-refractivity contribution < 1.29 is 9.13 Å². The summed E-state index contributed by atoms with van der Waals surface area (Å²) in [5, 5.41) is 3.08. The monoisotopic (exact) mass is 320 g/mol. The molecule has 1 aromatic carbocycles. The zero-order valence-electron chi connectivity index (χ0n) is 12.8. The second-order valence-corrected chi connectivity index (χ2v) is 6.73. The van der Waals surface area contributed by atoms with E-state index in [4.69, 9.17) is 4.74 Å². The summed E-state index contributed by atoms with van der Waals surface area (Å²) < 4.78 is 18.5. The van der Waals surface area contributed by atoms with E-state index in [1.807, 2.05) is 0 Å². The van der Waals surface area contributed by atoms with E-state index in [1.165, 1.54) is 37.9 Å². The lowest BCUT2D eigenvalue weighted by Crippen LogP contribution is -2.36. The van der Waals surface area contributed by atoms with Gasteiger partial charge in [0.1, 0.15) is 23.2 Å². The van der Waals surface area contributed by atoms with Crippen molar-refractivity contribution in [2.24, 2.45) is 0 Å². The molecule has 1 aliphatic rings. The Balaban J connectivity index is 1.53. The molecule has 1 aliphatic heterocycles. The van der Waals surface area contributed by atoms with Crippen molar-refractivity contribution in [1.82, 2.24) is 9.88 Å². The van der Waals surface area contributed by atoms with E-state index < -0.39 is 0 Å². The summed E-state index contributed by atoms with van der Waals surface area (Å²) >= 11 is 1.62. The van der Waals surface area contributed by atoms with Gasteiger partial charge in [0.25, 0.3) is 0 Å². The minimum atomic E-state index is -0.250. The number of likely N-dealkylation sites (tertiary alicyclic amines) is 1. The number of thiazole rings is 1. The highest BCUT2D eigenvalue weighted by Crippen LogP contribution is 2.21. The van der Waals surface area contributed by atoms with Gasteiger partial charge in [-0.25, -0.2) is 9.37 Å². The molecule has 1 saturated heterocycles. The first-order valence-corrected chi connectivity index (χ1v) is 8.64. The van der Waals surface area contributed by atoms with Crippen molar-refractivity contribution in [3.8, 4) is 5.75 Å². The molecule has 0 amide bonds. The van der Waals surface area contributed by atoms with E-state index in [2.05, 4.69) is 22.2 Å². The molecule has 5 heteroatoms. The van der Waals surface area contributed by atoms with Gasteiger partial charge < -0.3 is 4.74 Å². The number of nitrogens with zero attached hydrogens (tertiary/aromatic N) is 2. The summed E-state index contributed by atoms with van der Waals surface area (Å²) in [7, 11) is 0. The Hall–Kier alpha value is -1.46. The van der Waals surface area contributed by atoms with Gasteiger partial charge >= 0.3 is 0 Å². The summed E-state index contributed by atoms with van der Waals surface area (Å²) in [5.41, 5.74) is 1.12. The summed E-state index contributed by atoms with van der Waals surface area (Å²) in [5.74, 6) is 0.419. The lowest BCUT2D eigenvalue weighted by molar-refractivity contribution is 0.151. The van der Waals surface area contributed by atoms with Crippen molar-refractivity contribution in [3.63, 3.8) is 0 Å². The van der Waals surface area contributed by atoms with Crippen molar-refractivity contribution in [2.45, 2.75) is 45.4 Å². The number of hydrogen-bond acceptors (Lipinski definition) is 4. The van der Waals surface area contributed by atoms with Gasteiger partial charge in [0, 0.05) is 18.0 Å². The molecule has 0 spiro atoms. The van der Waals surface area contributed by atoms with Crippen molar-refractivity contribution in [3.05, 3.63) is 46.2 Å². The third-order valence-corrected chi connectivity index (χ3v) is 4.95. The second kappa shape index (κ2) is 7.20. The van der Waals surface area contributed by atoms with Crippen molar-refractivity contribution >= 4 is 11.3 Å². The van der Waals surface area contributed by atoms with Crippen LogP contribution in [0.1, 0.15) is 36.9 Å². The van der Waals surface area contributed by atoms with E-state index >= 15 is 0 Å². The number of rotatable bonds is 5. The summed E-state index contributed by atoms with van der Waals surface area (Å²) in [6.07, 6.45) is 3.91. The van der Waals surface area contributed by atoms with Gasteiger partial charge in [0.2, 0.25) is 0 Å². The highest BCUT2D eigenvalue weighted by atomic mass is 32.1. The molecule has 118 valence electrons. The molecule has 1 unspecified atom stereocenters. The van der Waals surface area contributed by atoms with Gasteiger partial charge in [-0.2, -0.15) is 0 Å². The highest BCUT2D eigenvalue weighted by molar-refractivity contribution is 7.09. The van der Waals surface area contributed by atoms with Gasteiger partial charge in [-0.3, -0.25) is 4.90 Å². The number of ether oxygens (including phenoxy) is 1. The lowest BCUT2D eigenvalue weighted by atomic mass is 10.0. The maximum atomic E-state index is 12.8. The number of aromatic nitrogens is 1. The van der Waals surface area contributed by atoms with E-state index in [9.17, 15) is 4.39 Å². The molecule has 1 fully saturated rings. The molecule has 0 radical (unpaired) electrons. The number of benzene rings is 1. The van der Waals surface area contributed by atoms with Gasteiger partial charge in [-0.1, -0.05) is 6.42 Å². The Morgan fingerprint density at radius 3 is 2.91 bits per heavy atom. The molecule has 3 rings (SSSR count). The zero-order chi connectivity index (χ0) is 15.4.